The highest BCUT2D eigenvalue weighted by Gasteiger charge is 2.32. The van der Waals surface area contributed by atoms with Crippen LogP contribution < -0.4 is 43.8 Å². The maximum Gasteiger partial charge on any atom is 0.326 e. The maximum atomic E-state index is 13.3. The van der Waals surface area contributed by atoms with Crippen LogP contribution >= 0.6 is 11.8 Å². The number of guanidine groups is 1. The van der Waals surface area contributed by atoms with E-state index in [0.717, 1.165) is 0 Å². The zero-order valence-corrected chi connectivity index (χ0v) is 26.3. The Morgan fingerprint density at radius 3 is 1.78 bits per heavy atom. The molecule has 0 unspecified atom stereocenters. The smallest absolute Gasteiger partial charge is 0.326 e. The van der Waals surface area contributed by atoms with Crippen LogP contribution in [0.3, 0.4) is 0 Å². The van der Waals surface area contributed by atoms with Gasteiger partial charge in [0.05, 0.1) is 19.0 Å². The molecule has 5 atom stereocenters. The third-order valence-corrected chi connectivity index (χ3v) is 6.59. The fourth-order valence-corrected chi connectivity index (χ4v) is 4.05. The van der Waals surface area contributed by atoms with E-state index in [0.29, 0.717) is 5.75 Å². The minimum atomic E-state index is -1.76. The zero-order valence-electron chi connectivity index (χ0n) is 25.4. The van der Waals surface area contributed by atoms with Gasteiger partial charge in [0.2, 0.25) is 29.5 Å². The Balaban J connectivity index is 6.03. The number of carbonyl (C=O) groups is 8. The van der Waals surface area contributed by atoms with Gasteiger partial charge in [-0.15, -0.1) is 0 Å². The number of amides is 5. The minimum Gasteiger partial charge on any atom is -0.481 e. The van der Waals surface area contributed by atoms with Gasteiger partial charge in [0.1, 0.15) is 24.2 Å². The molecule has 46 heavy (non-hydrogen) atoms. The van der Waals surface area contributed by atoms with Crippen molar-refractivity contribution >= 4 is 65.2 Å². The molecule has 20 nitrogen and oxygen atoms in total. The van der Waals surface area contributed by atoms with E-state index >= 15 is 0 Å². The van der Waals surface area contributed by atoms with Gasteiger partial charge in [-0.1, -0.05) is 0 Å². The first-order chi connectivity index (χ1) is 21.5. The van der Waals surface area contributed by atoms with Crippen molar-refractivity contribution in [2.75, 3.05) is 25.1 Å². The average Bonchev–Trinajstić information content (AvgIpc) is 2.96. The Morgan fingerprint density at radius 2 is 1.28 bits per heavy atom. The summed E-state index contributed by atoms with van der Waals surface area (Å²) < 4.78 is 0. The predicted octanol–water partition coefficient (Wildman–Crippen LogP) is -4.38. The van der Waals surface area contributed by atoms with Crippen molar-refractivity contribution in [2.24, 2.45) is 22.2 Å². The van der Waals surface area contributed by atoms with E-state index < -0.39 is 103 Å². The third-order valence-electron chi connectivity index (χ3n) is 5.95. The second-order valence-corrected chi connectivity index (χ2v) is 10.9. The molecule has 0 saturated heterocycles. The van der Waals surface area contributed by atoms with Crippen molar-refractivity contribution in [2.45, 2.75) is 75.7 Å². The van der Waals surface area contributed by atoms with E-state index in [2.05, 4.69) is 31.6 Å². The third kappa shape index (κ3) is 18.2. The number of nitrogens with two attached hydrogens (primary N) is 3. The summed E-state index contributed by atoms with van der Waals surface area (Å²) in [7, 11) is 0. The highest BCUT2D eigenvalue weighted by molar-refractivity contribution is 7.98. The molecule has 0 aromatic heterocycles. The van der Waals surface area contributed by atoms with E-state index in [-0.39, 0.29) is 31.8 Å². The lowest BCUT2D eigenvalue weighted by atomic mass is 10.1. The Morgan fingerprint density at radius 1 is 0.739 bits per heavy atom. The van der Waals surface area contributed by atoms with E-state index in [1.165, 1.54) is 18.7 Å². The summed E-state index contributed by atoms with van der Waals surface area (Å²) in [6, 6.07) is -7.06. The summed E-state index contributed by atoms with van der Waals surface area (Å²) in [4.78, 5) is 101. The summed E-state index contributed by atoms with van der Waals surface area (Å²) in [5, 5.41) is 39.1. The van der Waals surface area contributed by atoms with Gasteiger partial charge in [-0.2, -0.15) is 11.8 Å². The second-order valence-electron chi connectivity index (χ2n) is 9.91. The molecule has 21 heteroatoms. The highest BCUT2D eigenvalue weighted by Crippen LogP contribution is 2.07. The predicted molar refractivity (Wildman–Crippen MR) is 164 cm³/mol. The normalized spacial score (nSPS) is 13.8. The SMILES string of the molecule is CSCC[C@H](NC(=O)[C@H](CC(=O)O)NC(=O)[C@H](CCCN=C(N)N)NC(=O)[C@H](CCC(=O)O)NC(=O)CNC(=O)[C@H](C)N)C(=O)O. The molecule has 0 aromatic carbocycles. The Labute approximate surface area is 268 Å². The van der Waals surface area contributed by atoms with Gasteiger partial charge in [-0.25, -0.2) is 4.79 Å². The lowest BCUT2D eigenvalue weighted by Gasteiger charge is -2.25. The zero-order chi connectivity index (χ0) is 35.4. The van der Waals surface area contributed by atoms with Crippen molar-refractivity contribution in [3.05, 3.63) is 0 Å². The number of nitrogens with one attached hydrogen (secondary N) is 5. The Kier molecular flexibility index (Phi) is 19.7. The fraction of sp³-hybridized carbons (Fsp3) is 0.640. The van der Waals surface area contributed by atoms with Crippen molar-refractivity contribution < 1.29 is 53.7 Å². The van der Waals surface area contributed by atoms with Gasteiger partial charge in [0, 0.05) is 13.0 Å². The average molecular weight is 678 g/mol. The molecule has 0 aliphatic carbocycles. The van der Waals surface area contributed by atoms with Crippen LogP contribution in [0.5, 0.6) is 0 Å². The first kappa shape index (κ1) is 41.3. The summed E-state index contributed by atoms with van der Waals surface area (Å²) in [5.74, 6) is -8.80. The van der Waals surface area contributed by atoms with Gasteiger partial charge in [0.15, 0.2) is 5.96 Å². The molecular formula is C25H43N9O11S. The molecule has 260 valence electrons. The van der Waals surface area contributed by atoms with Crippen LogP contribution in [0.15, 0.2) is 4.99 Å². The first-order valence-corrected chi connectivity index (χ1v) is 15.3. The lowest BCUT2D eigenvalue weighted by Crippen LogP contribution is -2.58. The van der Waals surface area contributed by atoms with Gasteiger partial charge >= 0.3 is 17.9 Å². The van der Waals surface area contributed by atoms with Crippen molar-refractivity contribution in [3.63, 3.8) is 0 Å². The summed E-state index contributed by atoms with van der Waals surface area (Å²) in [5.41, 5.74) is 16.0. The number of hydrogen-bond donors (Lipinski definition) is 11. The van der Waals surface area contributed by atoms with E-state index in [9.17, 15) is 48.6 Å². The molecule has 0 aliphatic heterocycles. The topological polar surface area (TPSA) is 348 Å². The molecule has 14 N–H and O–H groups in total. The molecule has 0 spiro atoms. The lowest BCUT2D eigenvalue weighted by molar-refractivity contribution is -0.144. The van der Waals surface area contributed by atoms with Crippen molar-refractivity contribution in [1.82, 2.24) is 26.6 Å². The fourth-order valence-electron chi connectivity index (χ4n) is 3.58. The molecule has 0 aromatic rings. The molecule has 0 saturated carbocycles. The first-order valence-electron chi connectivity index (χ1n) is 13.9. The Hall–Kier alpha value is -4.66. The number of aliphatic imine (C=N–C) groups is 1. The van der Waals surface area contributed by atoms with Crippen molar-refractivity contribution in [3.8, 4) is 0 Å². The van der Waals surface area contributed by atoms with Crippen LogP contribution in [0.4, 0.5) is 0 Å². The number of rotatable bonds is 23. The molecule has 0 bridgehead atoms. The number of carbonyl (C=O) groups excluding carboxylic acids is 5. The van der Waals surface area contributed by atoms with Gasteiger partial charge < -0.3 is 59.1 Å². The monoisotopic (exact) mass is 677 g/mol. The largest absolute Gasteiger partial charge is 0.481 e. The maximum absolute atomic E-state index is 13.3. The van der Waals surface area contributed by atoms with Crippen LogP contribution in [0.1, 0.15) is 45.4 Å². The number of hydrogen-bond acceptors (Lipinski definition) is 11. The highest BCUT2D eigenvalue weighted by atomic mass is 32.2. The number of aliphatic carboxylic acids is 3. The van der Waals surface area contributed by atoms with E-state index in [1.807, 2.05) is 0 Å². The molecule has 0 rings (SSSR count). The standard InChI is InChI=1S/C25H43N9O11S/c1-12(26)20(40)30-11-17(35)31-14(5-6-18(36)37)22(42)32-13(4-3-8-29-25(27)28)21(41)34-16(10-19(38)39)23(43)33-15(24(44)45)7-9-46-2/h12-16H,3-11,26H2,1-2H3,(H,30,40)(H,31,35)(H,32,42)(H,33,43)(H,34,41)(H,36,37)(H,38,39)(H,44,45)(H4,27,28,29)/t12-,13-,14-,15-,16-/m0/s1. The van der Waals surface area contributed by atoms with Crippen LogP contribution in [-0.4, -0.2) is 124 Å². The minimum absolute atomic E-state index is 0.00476. The quantitative estimate of drug-likeness (QED) is 0.0276. The van der Waals surface area contributed by atoms with Crippen LogP contribution in [-0.2, 0) is 38.4 Å². The molecule has 0 radical (unpaired) electrons. The number of carboxylic acids is 3. The molecule has 0 fully saturated rings. The number of carboxylic acid groups (broad SMARTS) is 3. The van der Waals surface area contributed by atoms with E-state index in [4.69, 9.17) is 22.3 Å². The van der Waals surface area contributed by atoms with Gasteiger partial charge in [-0.05, 0) is 44.6 Å². The molecule has 0 heterocycles. The van der Waals surface area contributed by atoms with E-state index in [1.54, 1.807) is 6.26 Å². The molecule has 5 amide bonds. The summed E-state index contributed by atoms with van der Waals surface area (Å²) >= 11 is 1.31. The number of nitrogens with zero attached hydrogens (tertiary/aromatic N) is 1. The Bertz CT molecular complexity index is 1130. The van der Waals surface area contributed by atoms with Crippen LogP contribution in [0, 0.1) is 0 Å². The van der Waals surface area contributed by atoms with Crippen LogP contribution in [0.25, 0.3) is 0 Å². The summed E-state index contributed by atoms with van der Waals surface area (Å²) in [6.45, 7) is 0.768. The van der Waals surface area contributed by atoms with Crippen molar-refractivity contribution in [1.29, 1.82) is 0 Å². The van der Waals surface area contributed by atoms with Gasteiger partial charge in [0.25, 0.3) is 0 Å². The second kappa shape index (κ2) is 21.9. The molecule has 0 aliphatic rings. The van der Waals surface area contributed by atoms with Gasteiger partial charge in [-0.3, -0.25) is 38.6 Å². The molecular weight excluding hydrogens is 634 g/mol. The van der Waals surface area contributed by atoms with Crippen LogP contribution in [0.2, 0.25) is 0 Å². The summed E-state index contributed by atoms with van der Waals surface area (Å²) in [6.07, 6.45) is -0.305. The number of thioether (sulfide) groups is 1.